The topological polar surface area (TPSA) is 62.0 Å². The maximum Gasteiger partial charge on any atom is 0.416 e. The summed E-state index contributed by atoms with van der Waals surface area (Å²) in [6.07, 6.45) is -2.84. The van der Waals surface area contributed by atoms with E-state index in [9.17, 15) is 21.6 Å². The first-order valence-corrected chi connectivity index (χ1v) is 11.7. The molecule has 1 heterocycles. The summed E-state index contributed by atoms with van der Waals surface area (Å²) in [5.41, 5.74) is 2.09. The summed E-state index contributed by atoms with van der Waals surface area (Å²) in [5.74, 6) is 0. The third-order valence-electron chi connectivity index (χ3n) is 5.47. The van der Waals surface area contributed by atoms with Crippen LogP contribution in [0.25, 0.3) is 22.0 Å². The summed E-state index contributed by atoms with van der Waals surface area (Å²) in [7, 11) is -3.84. The lowest BCUT2D eigenvalue weighted by Gasteiger charge is -2.19. The molecule has 4 rings (SSSR count). The highest BCUT2D eigenvalue weighted by Crippen LogP contribution is 2.35. The maximum absolute atomic E-state index is 13.1. The third-order valence-corrected chi connectivity index (χ3v) is 6.86. The number of aromatic nitrogens is 1. The normalized spacial score (nSPS) is 12.8. The Balaban J connectivity index is 1.68. The molecular weight excluding hydrogens is 449 g/mol. The first kappa shape index (κ1) is 22.9. The molecule has 0 aliphatic rings. The third kappa shape index (κ3) is 4.75. The fourth-order valence-corrected chi connectivity index (χ4v) is 4.68. The summed E-state index contributed by atoms with van der Waals surface area (Å²) in [4.78, 5) is 3.16. The van der Waals surface area contributed by atoms with Gasteiger partial charge >= 0.3 is 6.18 Å². The Morgan fingerprint density at radius 2 is 1.55 bits per heavy atom. The van der Waals surface area contributed by atoms with Gasteiger partial charge in [-0.25, -0.2) is 8.42 Å². The highest BCUT2D eigenvalue weighted by Gasteiger charge is 2.30. The molecule has 33 heavy (non-hydrogen) atoms. The predicted molar refractivity (Wildman–Crippen MR) is 125 cm³/mol. The quantitative estimate of drug-likeness (QED) is 0.338. The van der Waals surface area contributed by atoms with Crippen molar-refractivity contribution in [3.63, 3.8) is 0 Å². The molecule has 172 valence electrons. The molecule has 1 aromatic heterocycles. The van der Waals surface area contributed by atoms with Gasteiger partial charge in [0.2, 0.25) is 0 Å². The molecule has 0 amide bonds. The Labute approximate surface area is 190 Å². The fourth-order valence-electron chi connectivity index (χ4n) is 3.63. The van der Waals surface area contributed by atoms with E-state index in [-0.39, 0.29) is 10.3 Å². The van der Waals surface area contributed by atoms with Crippen molar-refractivity contribution in [3.05, 3.63) is 84.1 Å². The second-order valence-corrected chi connectivity index (χ2v) is 10.6. The molecule has 0 radical (unpaired) electrons. The van der Waals surface area contributed by atoms with Crippen LogP contribution >= 0.6 is 0 Å². The van der Waals surface area contributed by atoms with E-state index in [0.29, 0.717) is 27.7 Å². The lowest BCUT2D eigenvalue weighted by molar-refractivity contribution is -0.137. The Kier molecular flexibility index (Phi) is 5.52. The zero-order valence-corrected chi connectivity index (χ0v) is 19.1. The molecule has 0 saturated heterocycles. The monoisotopic (exact) mass is 472 g/mol. The summed E-state index contributed by atoms with van der Waals surface area (Å²) in [6.45, 7) is 6.13. The van der Waals surface area contributed by atoms with Gasteiger partial charge in [-0.3, -0.25) is 4.72 Å². The predicted octanol–water partition coefficient (Wildman–Crippen LogP) is 6.95. The molecule has 0 atom stereocenters. The average molecular weight is 473 g/mol. The standard InChI is InChI=1S/C25H23F3N2O2S/c1-24(2,3)17-7-10-20(11-8-17)33(31,32)30-19-9-12-23-21(14-19)22(15-29-23)16-5-4-6-18(13-16)25(26,27)28/h4-15,29-30H,1-3H3. The van der Waals surface area contributed by atoms with E-state index < -0.39 is 21.8 Å². The number of nitrogens with one attached hydrogen (secondary N) is 2. The minimum Gasteiger partial charge on any atom is -0.361 e. The summed E-state index contributed by atoms with van der Waals surface area (Å²) in [5, 5.41) is 0.609. The molecular formula is C25H23F3N2O2S. The van der Waals surface area contributed by atoms with Gasteiger partial charge in [-0.05, 0) is 59.0 Å². The second kappa shape index (κ2) is 7.95. The first-order valence-electron chi connectivity index (χ1n) is 10.3. The molecule has 8 heteroatoms. The van der Waals surface area contributed by atoms with Crippen LogP contribution in [0.2, 0.25) is 0 Å². The van der Waals surface area contributed by atoms with Crippen molar-refractivity contribution >= 4 is 26.6 Å². The van der Waals surface area contributed by atoms with Crippen molar-refractivity contribution in [1.29, 1.82) is 0 Å². The lowest BCUT2D eigenvalue weighted by Crippen LogP contribution is -2.14. The van der Waals surface area contributed by atoms with Crippen LogP contribution in [0.1, 0.15) is 31.9 Å². The average Bonchev–Trinajstić information content (AvgIpc) is 3.16. The molecule has 0 aliphatic carbocycles. The highest BCUT2D eigenvalue weighted by molar-refractivity contribution is 7.92. The van der Waals surface area contributed by atoms with E-state index in [4.69, 9.17) is 0 Å². The van der Waals surface area contributed by atoms with Gasteiger partial charge < -0.3 is 4.98 Å². The van der Waals surface area contributed by atoms with Gasteiger partial charge in [0, 0.05) is 28.4 Å². The Hall–Kier alpha value is -3.26. The molecule has 4 nitrogen and oxygen atoms in total. The van der Waals surface area contributed by atoms with Crippen LogP contribution in [-0.4, -0.2) is 13.4 Å². The summed E-state index contributed by atoms with van der Waals surface area (Å²) >= 11 is 0. The number of aromatic amines is 1. The zero-order valence-electron chi connectivity index (χ0n) is 18.3. The van der Waals surface area contributed by atoms with Crippen LogP contribution in [0.3, 0.4) is 0 Å². The van der Waals surface area contributed by atoms with E-state index in [0.717, 1.165) is 17.7 Å². The number of rotatable bonds is 4. The molecule has 0 aliphatic heterocycles. The number of hydrogen-bond donors (Lipinski definition) is 2. The number of benzene rings is 3. The molecule has 2 N–H and O–H groups in total. The van der Waals surface area contributed by atoms with Gasteiger partial charge in [0.25, 0.3) is 10.0 Å². The molecule has 0 fully saturated rings. The van der Waals surface area contributed by atoms with E-state index >= 15 is 0 Å². The van der Waals surface area contributed by atoms with Gasteiger partial charge in [0.05, 0.1) is 10.5 Å². The van der Waals surface area contributed by atoms with Crippen LogP contribution < -0.4 is 4.72 Å². The number of sulfonamides is 1. The number of fused-ring (bicyclic) bond motifs is 1. The molecule has 0 saturated carbocycles. The van der Waals surface area contributed by atoms with E-state index in [1.165, 1.54) is 6.07 Å². The number of halogens is 3. The summed E-state index contributed by atoms with van der Waals surface area (Å²) < 4.78 is 67.8. The van der Waals surface area contributed by atoms with Crippen molar-refractivity contribution in [2.75, 3.05) is 4.72 Å². The highest BCUT2D eigenvalue weighted by atomic mass is 32.2. The number of anilines is 1. The van der Waals surface area contributed by atoms with Gasteiger partial charge in [0.1, 0.15) is 0 Å². The molecule has 0 unspecified atom stereocenters. The van der Waals surface area contributed by atoms with E-state index in [1.807, 2.05) is 20.8 Å². The molecule has 3 aromatic carbocycles. The second-order valence-electron chi connectivity index (χ2n) is 8.92. The van der Waals surface area contributed by atoms with Crippen molar-refractivity contribution in [2.24, 2.45) is 0 Å². The van der Waals surface area contributed by atoms with Crippen molar-refractivity contribution < 1.29 is 21.6 Å². The van der Waals surface area contributed by atoms with Crippen LogP contribution in [0.15, 0.2) is 77.8 Å². The van der Waals surface area contributed by atoms with E-state index in [1.54, 1.807) is 54.7 Å². The smallest absolute Gasteiger partial charge is 0.361 e. The summed E-state index contributed by atoms with van der Waals surface area (Å²) in [6, 6.07) is 16.6. The number of hydrogen-bond acceptors (Lipinski definition) is 2. The van der Waals surface area contributed by atoms with Gasteiger partial charge in [0.15, 0.2) is 0 Å². The van der Waals surface area contributed by atoms with Crippen LogP contribution in [0.5, 0.6) is 0 Å². The zero-order chi connectivity index (χ0) is 24.0. The Bertz CT molecular complexity index is 1410. The fraction of sp³-hybridized carbons (Fsp3) is 0.200. The SMILES string of the molecule is CC(C)(C)c1ccc(S(=O)(=O)Nc2ccc3[nH]cc(-c4cccc(C(F)(F)F)c4)c3c2)cc1. The van der Waals surface area contributed by atoms with Gasteiger partial charge in [-0.15, -0.1) is 0 Å². The largest absolute Gasteiger partial charge is 0.416 e. The van der Waals surface area contributed by atoms with Crippen LogP contribution in [-0.2, 0) is 21.6 Å². The molecule has 0 spiro atoms. The maximum atomic E-state index is 13.1. The van der Waals surface area contributed by atoms with Crippen molar-refractivity contribution in [3.8, 4) is 11.1 Å². The first-order chi connectivity index (χ1) is 15.3. The van der Waals surface area contributed by atoms with Crippen LogP contribution in [0, 0.1) is 0 Å². The van der Waals surface area contributed by atoms with Crippen molar-refractivity contribution in [1.82, 2.24) is 4.98 Å². The number of H-pyrrole nitrogens is 1. The van der Waals surface area contributed by atoms with Gasteiger partial charge in [-0.1, -0.05) is 45.0 Å². The minimum absolute atomic E-state index is 0.102. The minimum atomic E-state index is -4.45. The van der Waals surface area contributed by atoms with Crippen LogP contribution in [0.4, 0.5) is 18.9 Å². The van der Waals surface area contributed by atoms with E-state index in [2.05, 4.69) is 9.71 Å². The van der Waals surface area contributed by atoms with Gasteiger partial charge in [-0.2, -0.15) is 13.2 Å². The molecule has 4 aromatic rings. The Morgan fingerprint density at radius 1 is 0.848 bits per heavy atom. The number of alkyl halides is 3. The van der Waals surface area contributed by atoms with Crippen molar-refractivity contribution in [2.45, 2.75) is 37.3 Å². The Morgan fingerprint density at radius 3 is 2.18 bits per heavy atom. The molecule has 0 bridgehead atoms. The lowest BCUT2D eigenvalue weighted by atomic mass is 9.87.